The minimum Gasteiger partial charge on any atom is -0.497 e. The molecule has 2 nitrogen and oxygen atoms in total. The Bertz CT molecular complexity index is 1190. The standard InChI is InChI=1S/C27H21NO/c1-29-21-16-14-19(15-17-21)22-12-7-13-24-23-10-5-6-11-25(23)27(28-18-26(22)24)20-8-3-2-4-9-20/h2-17H,18H2,1H3. The Morgan fingerprint density at radius 3 is 2.00 bits per heavy atom. The molecule has 0 unspecified atom stereocenters. The molecule has 140 valence electrons. The fourth-order valence-electron chi connectivity index (χ4n) is 4.06. The van der Waals surface area contributed by atoms with E-state index in [-0.39, 0.29) is 0 Å². The summed E-state index contributed by atoms with van der Waals surface area (Å²) in [7, 11) is 1.69. The number of benzene rings is 4. The predicted molar refractivity (Wildman–Crippen MR) is 120 cm³/mol. The van der Waals surface area contributed by atoms with Gasteiger partial charge in [-0.2, -0.15) is 0 Å². The molecular weight excluding hydrogens is 354 g/mol. The van der Waals surface area contributed by atoms with Crippen LogP contribution in [-0.2, 0) is 6.54 Å². The molecule has 1 aliphatic heterocycles. The second-order valence-electron chi connectivity index (χ2n) is 7.14. The van der Waals surface area contributed by atoms with Gasteiger partial charge in [-0.05, 0) is 39.9 Å². The average Bonchev–Trinajstić information content (AvgIpc) is 2.97. The highest BCUT2D eigenvalue weighted by Gasteiger charge is 2.20. The Hall–Kier alpha value is -3.65. The van der Waals surface area contributed by atoms with Crippen LogP contribution >= 0.6 is 0 Å². The molecule has 4 aromatic carbocycles. The lowest BCUT2D eigenvalue weighted by Gasteiger charge is -2.14. The zero-order chi connectivity index (χ0) is 19.6. The molecule has 0 N–H and O–H groups in total. The lowest BCUT2D eigenvalue weighted by molar-refractivity contribution is 0.415. The number of hydrogen-bond donors (Lipinski definition) is 0. The predicted octanol–water partition coefficient (Wildman–Crippen LogP) is 6.38. The Kier molecular flexibility index (Phi) is 4.45. The quantitative estimate of drug-likeness (QED) is 0.407. The number of hydrogen-bond acceptors (Lipinski definition) is 2. The maximum absolute atomic E-state index is 5.33. The molecule has 4 aromatic rings. The highest BCUT2D eigenvalue weighted by Crippen LogP contribution is 2.38. The molecule has 1 aliphatic rings. The highest BCUT2D eigenvalue weighted by molar-refractivity contribution is 6.17. The second kappa shape index (κ2) is 7.40. The van der Waals surface area contributed by atoms with E-state index < -0.39 is 0 Å². The average molecular weight is 375 g/mol. The van der Waals surface area contributed by atoms with Gasteiger partial charge in [0.25, 0.3) is 0 Å². The molecule has 0 saturated carbocycles. The van der Waals surface area contributed by atoms with E-state index in [1.807, 2.05) is 18.2 Å². The van der Waals surface area contributed by atoms with Gasteiger partial charge in [-0.1, -0.05) is 84.9 Å². The molecule has 1 heterocycles. The summed E-state index contributed by atoms with van der Waals surface area (Å²) >= 11 is 0. The molecule has 0 aromatic heterocycles. The van der Waals surface area contributed by atoms with Crippen molar-refractivity contribution in [1.29, 1.82) is 0 Å². The molecule has 0 saturated heterocycles. The van der Waals surface area contributed by atoms with Crippen LogP contribution in [-0.4, -0.2) is 12.8 Å². The summed E-state index contributed by atoms with van der Waals surface area (Å²) in [6.45, 7) is 0.649. The smallest absolute Gasteiger partial charge is 0.118 e. The fourth-order valence-corrected chi connectivity index (χ4v) is 4.06. The van der Waals surface area contributed by atoms with E-state index in [9.17, 15) is 0 Å². The molecule has 0 spiro atoms. The third kappa shape index (κ3) is 3.13. The van der Waals surface area contributed by atoms with Gasteiger partial charge in [0.2, 0.25) is 0 Å². The van der Waals surface area contributed by atoms with E-state index in [0.29, 0.717) is 6.54 Å². The molecule has 0 fully saturated rings. The van der Waals surface area contributed by atoms with E-state index in [1.165, 1.54) is 33.4 Å². The van der Waals surface area contributed by atoms with Gasteiger partial charge in [-0.3, -0.25) is 4.99 Å². The number of fused-ring (bicyclic) bond motifs is 3. The van der Waals surface area contributed by atoms with E-state index in [2.05, 4.69) is 78.9 Å². The van der Waals surface area contributed by atoms with E-state index in [0.717, 1.165) is 17.0 Å². The van der Waals surface area contributed by atoms with Crippen LogP contribution in [0, 0.1) is 0 Å². The van der Waals surface area contributed by atoms with E-state index in [1.54, 1.807) is 7.11 Å². The van der Waals surface area contributed by atoms with Gasteiger partial charge in [-0.25, -0.2) is 0 Å². The third-order valence-corrected chi connectivity index (χ3v) is 5.49. The van der Waals surface area contributed by atoms with Crippen LogP contribution in [0.1, 0.15) is 16.7 Å². The molecule has 0 aliphatic carbocycles. The van der Waals surface area contributed by atoms with Crippen molar-refractivity contribution in [1.82, 2.24) is 0 Å². The minimum absolute atomic E-state index is 0.649. The van der Waals surface area contributed by atoms with Crippen molar-refractivity contribution in [3.63, 3.8) is 0 Å². The van der Waals surface area contributed by atoms with Crippen molar-refractivity contribution in [3.05, 3.63) is 114 Å². The van der Waals surface area contributed by atoms with Crippen molar-refractivity contribution >= 4 is 5.71 Å². The van der Waals surface area contributed by atoms with E-state index >= 15 is 0 Å². The SMILES string of the molecule is COc1ccc(-c2cccc3c2CN=C(c2ccccc2)c2ccccc2-3)cc1. The van der Waals surface area contributed by atoms with Gasteiger partial charge < -0.3 is 4.74 Å². The van der Waals surface area contributed by atoms with Gasteiger partial charge in [0, 0.05) is 11.1 Å². The molecule has 5 rings (SSSR count). The lowest BCUT2D eigenvalue weighted by atomic mass is 9.89. The van der Waals surface area contributed by atoms with E-state index in [4.69, 9.17) is 9.73 Å². The van der Waals surface area contributed by atoms with Crippen LogP contribution in [0.25, 0.3) is 22.3 Å². The number of methoxy groups -OCH3 is 1. The topological polar surface area (TPSA) is 21.6 Å². The molecule has 0 amide bonds. The van der Waals surface area contributed by atoms with Crippen molar-refractivity contribution in [3.8, 4) is 28.0 Å². The first-order chi connectivity index (χ1) is 14.3. The summed E-state index contributed by atoms with van der Waals surface area (Å²) in [5, 5.41) is 0. The molecule has 2 heteroatoms. The highest BCUT2D eigenvalue weighted by atomic mass is 16.5. The molecule has 0 radical (unpaired) electrons. The minimum atomic E-state index is 0.649. The molecule has 29 heavy (non-hydrogen) atoms. The van der Waals surface area contributed by atoms with Gasteiger partial charge in [0.1, 0.15) is 5.75 Å². The monoisotopic (exact) mass is 375 g/mol. The Balaban J connectivity index is 1.71. The van der Waals surface area contributed by atoms with Crippen LogP contribution in [0.4, 0.5) is 0 Å². The lowest BCUT2D eigenvalue weighted by Crippen LogP contribution is -2.03. The Labute approximate surface area is 171 Å². The first-order valence-electron chi connectivity index (χ1n) is 9.81. The molecule has 0 bridgehead atoms. The van der Waals surface area contributed by atoms with Gasteiger partial charge in [0.05, 0.1) is 19.4 Å². The van der Waals surface area contributed by atoms with Crippen LogP contribution in [0.3, 0.4) is 0 Å². The number of aliphatic imine (C=N–C) groups is 1. The normalized spacial score (nSPS) is 12.4. The zero-order valence-corrected chi connectivity index (χ0v) is 16.3. The maximum Gasteiger partial charge on any atom is 0.118 e. The van der Waals surface area contributed by atoms with Gasteiger partial charge in [0.15, 0.2) is 0 Å². The summed E-state index contributed by atoms with van der Waals surface area (Å²) in [6, 6.07) is 33.8. The van der Waals surface area contributed by atoms with Crippen LogP contribution in [0.5, 0.6) is 5.75 Å². The van der Waals surface area contributed by atoms with Crippen molar-refractivity contribution in [2.24, 2.45) is 4.99 Å². The first-order valence-corrected chi connectivity index (χ1v) is 9.81. The first kappa shape index (κ1) is 17.4. The van der Waals surface area contributed by atoms with Crippen LogP contribution in [0.15, 0.2) is 102 Å². The summed E-state index contributed by atoms with van der Waals surface area (Å²) in [6.07, 6.45) is 0. The summed E-state index contributed by atoms with van der Waals surface area (Å²) in [5.74, 6) is 0.866. The third-order valence-electron chi connectivity index (χ3n) is 5.49. The Morgan fingerprint density at radius 1 is 0.586 bits per heavy atom. The van der Waals surface area contributed by atoms with Gasteiger partial charge >= 0.3 is 0 Å². The molecule has 0 atom stereocenters. The number of ether oxygens (including phenoxy) is 1. The number of rotatable bonds is 3. The summed E-state index contributed by atoms with van der Waals surface area (Å²) in [4.78, 5) is 5.09. The largest absolute Gasteiger partial charge is 0.497 e. The Morgan fingerprint density at radius 2 is 1.24 bits per heavy atom. The molecular formula is C27H21NO. The summed E-state index contributed by atoms with van der Waals surface area (Å²) in [5.41, 5.74) is 9.54. The van der Waals surface area contributed by atoms with Crippen molar-refractivity contribution in [2.75, 3.05) is 7.11 Å². The van der Waals surface area contributed by atoms with Crippen molar-refractivity contribution in [2.45, 2.75) is 6.54 Å². The maximum atomic E-state index is 5.33. The number of nitrogens with zero attached hydrogens (tertiary/aromatic N) is 1. The second-order valence-corrected chi connectivity index (χ2v) is 7.14. The fraction of sp³-hybridized carbons (Fsp3) is 0.0741. The zero-order valence-electron chi connectivity index (χ0n) is 16.3. The van der Waals surface area contributed by atoms with Gasteiger partial charge in [-0.15, -0.1) is 0 Å². The summed E-state index contributed by atoms with van der Waals surface area (Å²) < 4.78 is 5.33. The van der Waals surface area contributed by atoms with Crippen molar-refractivity contribution < 1.29 is 4.74 Å². The van der Waals surface area contributed by atoms with Crippen LogP contribution < -0.4 is 4.74 Å². The van der Waals surface area contributed by atoms with Crippen LogP contribution in [0.2, 0.25) is 0 Å².